The topological polar surface area (TPSA) is 120 Å². The van der Waals surface area contributed by atoms with Crippen molar-refractivity contribution in [1.29, 1.82) is 5.26 Å². The van der Waals surface area contributed by atoms with Crippen LogP contribution in [0, 0.1) is 11.3 Å². The van der Waals surface area contributed by atoms with Gasteiger partial charge in [0.05, 0.1) is 6.07 Å². The highest BCUT2D eigenvalue weighted by atomic mass is 16.5. The maximum atomic E-state index is 13.0. The lowest BCUT2D eigenvalue weighted by atomic mass is 9.98. The SMILES string of the molecule is CC(C)N(CC(=O)O)C(=O)C(CCCC#N)NC(=O)OCC1c2ccccc2-c2ccccc21. The number of nitriles is 1. The zero-order valence-electron chi connectivity index (χ0n) is 19.4. The molecular formula is C26H29N3O5. The van der Waals surface area contributed by atoms with Crippen LogP contribution in [0.4, 0.5) is 4.79 Å². The van der Waals surface area contributed by atoms with Crippen molar-refractivity contribution in [2.75, 3.05) is 13.2 Å². The van der Waals surface area contributed by atoms with Crippen LogP contribution in [0.15, 0.2) is 48.5 Å². The van der Waals surface area contributed by atoms with Crippen LogP contribution in [0.2, 0.25) is 0 Å². The molecule has 0 aromatic heterocycles. The average Bonchev–Trinajstić information content (AvgIpc) is 3.14. The van der Waals surface area contributed by atoms with E-state index in [-0.39, 0.29) is 31.4 Å². The number of nitrogens with zero attached hydrogens (tertiary/aromatic N) is 2. The van der Waals surface area contributed by atoms with Crippen LogP contribution in [0.25, 0.3) is 11.1 Å². The molecule has 0 radical (unpaired) electrons. The number of alkyl carbamates (subject to hydrolysis) is 1. The van der Waals surface area contributed by atoms with Crippen LogP contribution in [0.3, 0.4) is 0 Å². The standard InChI is InChI=1S/C26H29N3O5/c1-17(2)29(15-24(30)31)25(32)23(13-7-8-14-27)28-26(33)34-16-22-20-11-5-3-9-18(20)19-10-4-6-12-21(19)22/h3-6,9-12,17,22-23H,7-8,13,15-16H2,1-2H3,(H,28,33)(H,30,31). The second-order valence-corrected chi connectivity index (χ2v) is 8.53. The van der Waals surface area contributed by atoms with Gasteiger partial charge in [0.25, 0.3) is 0 Å². The average molecular weight is 464 g/mol. The number of carbonyl (C=O) groups excluding carboxylic acids is 2. The second-order valence-electron chi connectivity index (χ2n) is 8.53. The molecular weight excluding hydrogens is 434 g/mol. The Morgan fingerprint density at radius 3 is 2.21 bits per heavy atom. The fourth-order valence-corrected chi connectivity index (χ4v) is 4.29. The zero-order chi connectivity index (χ0) is 24.7. The van der Waals surface area contributed by atoms with E-state index in [1.54, 1.807) is 13.8 Å². The van der Waals surface area contributed by atoms with Crippen molar-refractivity contribution < 1.29 is 24.2 Å². The van der Waals surface area contributed by atoms with Gasteiger partial charge in [0.15, 0.2) is 0 Å². The van der Waals surface area contributed by atoms with Gasteiger partial charge in [0.1, 0.15) is 19.2 Å². The highest BCUT2D eigenvalue weighted by molar-refractivity contribution is 5.88. The predicted molar refractivity (Wildman–Crippen MR) is 126 cm³/mol. The van der Waals surface area contributed by atoms with Crippen LogP contribution in [0.5, 0.6) is 0 Å². The highest BCUT2D eigenvalue weighted by Crippen LogP contribution is 2.44. The molecule has 8 nitrogen and oxygen atoms in total. The van der Waals surface area contributed by atoms with Gasteiger partial charge in [-0.2, -0.15) is 5.26 Å². The molecule has 1 unspecified atom stereocenters. The van der Waals surface area contributed by atoms with Gasteiger partial charge in [-0.05, 0) is 48.9 Å². The van der Waals surface area contributed by atoms with Crippen molar-refractivity contribution in [3.8, 4) is 17.2 Å². The second kappa shape index (κ2) is 11.3. The number of unbranched alkanes of at least 4 members (excludes halogenated alkanes) is 1. The van der Waals surface area contributed by atoms with Crippen molar-refractivity contribution in [1.82, 2.24) is 10.2 Å². The first kappa shape index (κ1) is 24.8. The van der Waals surface area contributed by atoms with Crippen LogP contribution >= 0.6 is 0 Å². The molecule has 8 heteroatoms. The summed E-state index contributed by atoms with van der Waals surface area (Å²) in [6, 6.07) is 16.6. The maximum absolute atomic E-state index is 13.0. The predicted octanol–water partition coefficient (Wildman–Crippen LogP) is 3.91. The Morgan fingerprint density at radius 2 is 1.68 bits per heavy atom. The van der Waals surface area contributed by atoms with Gasteiger partial charge in [-0.3, -0.25) is 9.59 Å². The van der Waals surface area contributed by atoms with Gasteiger partial charge in [-0.1, -0.05) is 48.5 Å². The quantitative estimate of drug-likeness (QED) is 0.516. The summed E-state index contributed by atoms with van der Waals surface area (Å²) in [5.74, 6) is -1.77. The zero-order valence-corrected chi connectivity index (χ0v) is 19.4. The van der Waals surface area contributed by atoms with Crippen LogP contribution < -0.4 is 5.32 Å². The van der Waals surface area contributed by atoms with Crippen LogP contribution in [-0.4, -0.2) is 53.2 Å². The molecule has 0 aliphatic heterocycles. The van der Waals surface area contributed by atoms with E-state index in [1.165, 1.54) is 4.90 Å². The Kier molecular flexibility index (Phi) is 8.25. The number of rotatable bonds is 10. The summed E-state index contributed by atoms with van der Waals surface area (Å²) in [7, 11) is 0. The number of hydrogen-bond acceptors (Lipinski definition) is 5. The molecule has 0 fully saturated rings. The largest absolute Gasteiger partial charge is 0.480 e. The summed E-state index contributed by atoms with van der Waals surface area (Å²) < 4.78 is 5.55. The first-order chi connectivity index (χ1) is 16.3. The normalized spacial score (nSPS) is 12.9. The van der Waals surface area contributed by atoms with E-state index in [4.69, 9.17) is 10.00 Å². The monoisotopic (exact) mass is 463 g/mol. The van der Waals surface area contributed by atoms with E-state index in [2.05, 4.69) is 5.32 Å². The third kappa shape index (κ3) is 5.73. The van der Waals surface area contributed by atoms with Gasteiger partial charge in [-0.15, -0.1) is 0 Å². The molecule has 0 heterocycles. The molecule has 0 bridgehead atoms. The van der Waals surface area contributed by atoms with Gasteiger partial charge in [0, 0.05) is 18.4 Å². The molecule has 2 N–H and O–H groups in total. The van der Waals surface area contributed by atoms with E-state index >= 15 is 0 Å². The van der Waals surface area contributed by atoms with Gasteiger partial charge in [-0.25, -0.2) is 4.79 Å². The third-order valence-electron chi connectivity index (χ3n) is 5.93. The summed E-state index contributed by atoms with van der Waals surface area (Å²) in [4.78, 5) is 38.2. The van der Waals surface area contributed by atoms with E-state index in [0.717, 1.165) is 22.3 Å². The molecule has 2 aromatic carbocycles. The van der Waals surface area contributed by atoms with Crippen molar-refractivity contribution in [3.63, 3.8) is 0 Å². The molecule has 0 spiro atoms. The number of benzene rings is 2. The minimum absolute atomic E-state index is 0.0992. The van der Waals surface area contributed by atoms with E-state index in [1.807, 2.05) is 54.6 Å². The fourth-order valence-electron chi connectivity index (χ4n) is 4.29. The maximum Gasteiger partial charge on any atom is 0.407 e. The minimum Gasteiger partial charge on any atom is -0.480 e. The summed E-state index contributed by atoms with van der Waals surface area (Å²) in [6.07, 6.45) is 0.0577. The Balaban J connectivity index is 1.70. The van der Waals surface area contributed by atoms with Crippen LogP contribution in [0.1, 0.15) is 50.2 Å². The summed E-state index contributed by atoms with van der Waals surface area (Å²) in [5.41, 5.74) is 4.37. The van der Waals surface area contributed by atoms with Gasteiger partial charge >= 0.3 is 12.1 Å². The molecule has 3 rings (SSSR count). The molecule has 178 valence electrons. The molecule has 1 atom stereocenters. The van der Waals surface area contributed by atoms with Crippen molar-refractivity contribution >= 4 is 18.0 Å². The van der Waals surface area contributed by atoms with E-state index < -0.39 is 30.6 Å². The lowest BCUT2D eigenvalue weighted by Gasteiger charge is -2.29. The summed E-state index contributed by atoms with van der Waals surface area (Å²) in [5, 5.41) is 20.6. The summed E-state index contributed by atoms with van der Waals surface area (Å²) in [6.45, 7) is 3.04. The fraction of sp³-hybridized carbons (Fsp3) is 0.385. The van der Waals surface area contributed by atoms with Crippen molar-refractivity contribution in [2.24, 2.45) is 0 Å². The smallest absolute Gasteiger partial charge is 0.407 e. The molecule has 34 heavy (non-hydrogen) atoms. The molecule has 2 aromatic rings. The number of hydrogen-bond donors (Lipinski definition) is 2. The first-order valence-corrected chi connectivity index (χ1v) is 11.3. The molecule has 2 amide bonds. The Labute approximate surface area is 199 Å². The Hall–Kier alpha value is -3.86. The number of aliphatic carboxylic acids is 1. The van der Waals surface area contributed by atoms with Crippen molar-refractivity contribution in [3.05, 3.63) is 59.7 Å². The van der Waals surface area contributed by atoms with Gasteiger partial charge < -0.3 is 20.1 Å². The lowest BCUT2D eigenvalue weighted by molar-refractivity contribution is -0.146. The van der Waals surface area contributed by atoms with Crippen LogP contribution in [-0.2, 0) is 14.3 Å². The minimum atomic E-state index is -1.14. The van der Waals surface area contributed by atoms with E-state index in [0.29, 0.717) is 6.42 Å². The van der Waals surface area contributed by atoms with Crippen molar-refractivity contribution in [2.45, 2.75) is 51.1 Å². The molecule has 1 aliphatic carbocycles. The highest BCUT2D eigenvalue weighted by Gasteiger charge is 2.31. The number of nitrogens with one attached hydrogen (secondary N) is 1. The number of carbonyl (C=O) groups is 3. The van der Waals surface area contributed by atoms with E-state index in [9.17, 15) is 19.5 Å². The Morgan fingerprint density at radius 1 is 1.09 bits per heavy atom. The summed E-state index contributed by atoms with van der Waals surface area (Å²) >= 11 is 0. The lowest BCUT2D eigenvalue weighted by Crippen LogP contribution is -2.52. The van der Waals surface area contributed by atoms with Gasteiger partial charge in [0.2, 0.25) is 5.91 Å². The Bertz CT molecular complexity index is 1050. The number of ether oxygens (including phenoxy) is 1. The number of carboxylic acids is 1. The molecule has 1 aliphatic rings. The number of amides is 2. The molecule has 0 saturated carbocycles. The molecule has 0 saturated heterocycles. The first-order valence-electron chi connectivity index (χ1n) is 11.3. The third-order valence-corrected chi connectivity index (χ3v) is 5.93. The number of carboxylic acid groups (broad SMARTS) is 1. The number of fused-ring (bicyclic) bond motifs is 3.